The molecule has 0 saturated heterocycles. The number of amides is 3. The molecular formula is C23H29N3O3. The van der Waals surface area contributed by atoms with Gasteiger partial charge < -0.3 is 20.7 Å². The van der Waals surface area contributed by atoms with Crippen LogP contribution in [0.5, 0.6) is 5.75 Å². The van der Waals surface area contributed by atoms with E-state index in [2.05, 4.69) is 48.0 Å². The first-order chi connectivity index (χ1) is 13.8. The number of carbonyl (C=O) groups excluding carboxylic acids is 2. The molecule has 0 radical (unpaired) electrons. The van der Waals surface area contributed by atoms with Crippen LogP contribution in [0.25, 0.3) is 0 Å². The van der Waals surface area contributed by atoms with Crippen molar-refractivity contribution in [2.75, 3.05) is 18.5 Å². The van der Waals surface area contributed by atoms with Crippen LogP contribution in [0.2, 0.25) is 0 Å². The molecule has 6 heteroatoms. The van der Waals surface area contributed by atoms with Crippen molar-refractivity contribution >= 4 is 17.6 Å². The van der Waals surface area contributed by atoms with Crippen molar-refractivity contribution < 1.29 is 14.3 Å². The maximum absolute atomic E-state index is 12.3. The van der Waals surface area contributed by atoms with Crippen molar-refractivity contribution in [3.63, 3.8) is 0 Å². The lowest BCUT2D eigenvalue weighted by Crippen LogP contribution is -2.42. The van der Waals surface area contributed by atoms with Crippen LogP contribution < -0.4 is 20.7 Å². The second-order valence-corrected chi connectivity index (χ2v) is 8.02. The zero-order valence-corrected chi connectivity index (χ0v) is 17.2. The van der Waals surface area contributed by atoms with Gasteiger partial charge in [0, 0.05) is 18.7 Å². The molecule has 0 fully saturated rings. The monoisotopic (exact) mass is 395 g/mol. The first-order valence-corrected chi connectivity index (χ1v) is 9.99. The highest BCUT2D eigenvalue weighted by molar-refractivity contribution is 5.88. The number of benzene rings is 2. The molecule has 0 saturated carbocycles. The van der Waals surface area contributed by atoms with Gasteiger partial charge in [-0.2, -0.15) is 0 Å². The van der Waals surface area contributed by atoms with E-state index in [1.54, 1.807) is 12.1 Å². The molecule has 0 aliphatic heterocycles. The highest BCUT2D eigenvalue weighted by Crippen LogP contribution is 2.41. The summed E-state index contributed by atoms with van der Waals surface area (Å²) in [5.41, 5.74) is 3.31. The summed E-state index contributed by atoms with van der Waals surface area (Å²) < 4.78 is 5.66. The highest BCUT2D eigenvalue weighted by Gasteiger charge is 2.32. The van der Waals surface area contributed by atoms with Gasteiger partial charge in [0.1, 0.15) is 12.4 Å². The predicted molar refractivity (Wildman–Crippen MR) is 114 cm³/mol. The van der Waals surface area contributed by atoms with Crippen LogP contribution >= 0.6 is 0 Å². The minimum Gasteiger partial charge on any atom is -0.492 e. The third kappa shape index (κ3) is 5.50. The van der Waals surface area contributed by atoms with Gasteiger partial charge in [0.25, 0.3) is 0 Å². The molecule has 2 aromatic carbocycles. The normalized spacial score (nSPS) is 17.0. The standard InChI is InChI=1S/C23H29N3O3/c1-16(27)25-17-7-6-8-18(15-17)29-14-13-24-22(28)26-21-11-12-23(2,3)20-10-5-4-9-19(20)21/h4-10,15,21H,11-14H2,1-3H3,(H,25,27)(H2,24,26,28). The lowest BCUT2D eigenvalue weighted by molar-refractivity contribution is -0.114. The SMILES string of the molecule is CC(=O)Nc1cccc(OCCNC(=O)NC2CCC(C)(C)c3ccccc32)c1. The van der Waals surface area contributed by atoms with Gasteiger partial charge in [-0.15, -0.1) is 0 Å². The number of ether oxygens (including phenoxy) is 1. The Bertz CT molecular complexity index is 879. The van der Waals surface area contributed by atoms with Crippen molar-refractivity contribution in [3.8, 4) is 5.75 Å². The molecule has 3 amide bonds. The number of hydrogen-bond acceptors (Lipinski definition) is 3. The molecule has 0 heterocycles. The average molecular weight is 396 g/mol. The second kappa shape index (κ2) is 8.99. The maximum atomic E-state index is 12.3. The molecule has 0 aromatic heterocycles. The maximum Gasteiger partial charge on any atom is 0.315 e. The van der Waals surface area contributed by atoms with Gasteiger partial charge in [-0.25, -0.2) is 4.79 Å². The zero-order valence-electron chi connectivity index (χ0n) is 17.2. The summed E-state index contributed by atoms with van der Waals surface area (Å²) in [5.74, 6) is 0.509. The number of rotatable bonds is 6. The lowest BCUT2D eigenvalue weighted by Gasteiger charge is -2.37. The van der Waals surface area contributed by atoms with Crippen LogP contribution in [0.4, 0.5) is 10.5 Å². The summed E-state index contributed by atoms with van der Waals surface area (Å²) in [4.78, 5) is 23.5. The molecule has 0 bridgehead atoms. The van der Waals surface area contributed by atoms with E-state index in [1.165, 1.54) is 18.1 Å². The van der Waals surface area contributed by atoms with Gasteiger partial charge in [-0.1, -0.05) is 44.2 Å². The van der Waals surface area contributed by atoms with Gasteiger partial charge in [-0.05, 0) is 41.5 Å². The van der Waals surface area contributed by atoms with Crippen molar-refractivity contribution in [2.24, 2.45) is 0 Å². The number of urea groups is 1. The van der Waals surface area contributed by atoms with Crippen LogP contribution in [0.1, 0.15) is 50.8 Å². The summed E-state index contributed by atoms with van der Waals surface area (Å²) in [7, 11) is 0. The summed E-state index contributed by atoms with van der Waals surface area (Å²) in [6.45, 7) is 6.68. The fourth-order valence-electron chi connectivity index (χ4n) is 3.77. The summed E-state index contributed by atoms with van der Waals surface area (Å²) >= 11 is 0. The van der Waals surface area contributed by atoms with Crippen LogP contribution in [-0.2, 0) is 10.2 Å². The van der Waals surface area contributed by atoms with Crippen LogP contribution in [0, 0.1) is 0 Å². The van der Waals surface area contributed by atoms with Crippen molar-refractivity contribution in [1.82, 2.24) is 10.6 Å². The van der Waals surface area contributed by atoms with Gasteiger partial charge in [0.15, 0.2) is 0 Å². The molecule has 1 aliphatic carbocycles. The third-order valence-corrected chi connectivity index (χ3v) is 5.24. The van der Waals surface area contributed by atoms with Crippen LogP contribution in [-0.4, -0.2) is 25.1 Å². The van der Waals surface area contributed by atoms with E-state index in [0.29, 0.717) is 24.6 Å². The van der Waals surface area contributed by atoms with E-state index in [-0.39, 0.29) is 23.4 Å². The number of carbonyl (C=O) groups is 2. The molecule has 3 rings (SSSR count). The minimum absolute atomic E-state index is 0.0227. The first kappa shape index (κ1) is 20.7. The van der Waals surface area contributed by atoms with Crippen molar-refractivity contribution in [3.05, 3.63) is 59.7 Å². The van der Waals surface area contributed by atoms with E-state index in [4.69, 9.17) is 4.74 Å². The fourth-order valence-corrected chi connectivity index (χ4v) is 3.77. The Morgan fingerprint density at radius 1 is 1.14 bits per heavy atom. The third-order valence-electron chi connectivity index (χ3n) is 5.24. The number of fused-ring (bicyclic) bond motifs is 1. The van der Waals surface area contributed by atoms with E-state index in [9.17, 15) is 9.59 Å². The van der Waals surface area contributed by atoms with E-state index in [0.717, 1.165) is 12.8 Å². The van der Waals surface area contributed by atoms with Crippen molar-refractivity contribution in [2.45, 2.75) is 45.1 Å². The summed E-state index contributed by atoms with van der Waals surface area (Å²) in [5, 5.41) is 8.66. The molecule has 6 nitrogen and oxygen atoms in total. The Morgan fingerprint density at radius 3 is 2.72 bits per heavy atom. The van der Waals surface area contributed by atoms with Crippen LogP contribution in [0.3, 0.4) is 0 Å². The Labute approximate surface area is 172 Å². The van der Waals surface area contributed by atoms with Crippen LogP contribution in [0.15, 0.2) is 48.5 Å². The topological polar surface area (TPSA) is 79.5 Å². The second-order valence-electron chi connectivity index (χ2n) is 8.02. The summed E-state index contributed by atoms with van der Waals surface area (Å²) in [6, 6.07) is 15.3. The van der Waals surface area contributed by atoms with Gasteiger partial charge >= 0.3 is 6.03 Å². The molecule has 0 spiro atoms. The molecule has 1 aliphatic rings. The first-order valence-electron chi connectivity index (χ1n) is 9.99. The minimum atomic E-state index is -0.194. The lowest BCUT2D eigenvalue weighted by atomic mass is 9.71. The molecule has 2 aromatic rings. The molecule has 154 valence electrons. The van der Waals surface area contributed by atoms with Gasteiger partial charge in [0.2, 0.25) is 5.91 Å². The van der Waals surface area contributed by atoms with Crippen molar-refractivity contribution in [1.29, 1.82) is 0 Å². The summed E-state index contributed by atoms with van der Waals surface area (Å²) in [6.07, 6.45) is 1.95. The molecule has 1 atom stereocenters. The quantitative estimate of drug-likeness (QED) is 0.643. The fraction of sp³-hybridized carbons (Fsp3) is 0.391. The Kier molecular flexibility index (Phi) is 6.42. The molecular weight excluding hydrogens is 366 g/mol. The Balaban J connectivity index is 1.47. The van der Waals surface area contributed by atoms with E-state index >= 15 is 0 Å². The number of anilines is 1. The van der Waals surface area contributed by atoms with Gasteiger partial charge in [-0.3, -0.25) is 4.79 Å². The molecule has 29 heavy (non-hydrogen) atoms. The smallest absolute Gasteiger partial charge is 0.315 e. The predicted octanol–water partition coefficient (Wildman–Crippen LogP) is 4.14. The number of hydrogen-bond donors (Lipinski definition) is 3. The average Bonchev–Trinajstić information content (AvgIpc) is 2.68. The van der Waals surface area contributed by atoms with E-state index < -0.39 is 0 Å². The Morgan fingerprint density at radius 2 is 1.93 bits per heavy atom. The molecule has 3 N–H and O–H groups in total. The van der Waals surface area contributed by atoms with E-state index in [1.807, 2.05) is 18.2 Å². The molecule has 1 unspecified atom stereocenters. The Hall–Kier alpha value is -3.02. The largest absolute Gasteiger partial charge is 0.492 e. The van der Waals surface area contributed by atoms with Gasteiger partial charge in [0.05, 0.1) is 12.6 Å². The number of nitrogens with one attached hydrogen (secondary N) is 3. The zero-order chi connectivity index (χ0) is 20.9. The highest BCUT2D eigenvalue weighted by atomic mass is 16.5.